The van der Waals surface area contributed by atoms with Gasteiger partial charge in [-0.25, -0.2) is 0 Å². The van der Waals surface area contributed by atoms with Crippen molar-refractivity contribution in [2.75, 3.05) is 7.05 Å². The number of aryl methyl sites for hydroxylation is 1. The van der Waals surface area contributed by atoms with Crippen molar-refractivity contribution < 1.29 is 9.53 Å². The summed E-state index contributed by atoms with van der Waals surface area (Å²) in [4.78, 5) is 14.0. The SMILES string of the molecule is Cc1ccc(CN(C)C(=O)[C@H](C)Oc2ccc(Cl)cc2)cc1. The molecule has 3 nitrogen and oxygen atoms in total. The number of rotatable bonds is 5. The van der Waals surface area contributed by atoms with Gasteiger partial charge in [0.2, 0.25) is 0 Å². The van der Waals surface area contributed by atoms with Crippen molar-refractivity contribution in [2.24, 2.45) is 0 Å². The van der Waals surface area contributed by atoms with Crippen LogP contribution in [0.5, 0.6) is 5.75 Å². The van der Waals surface area contributed by atoms with E-state index in [1.54, 1.807) is 43.1 Å². The molecular formula is C18H20ClNO2. The van der Waals surface area contributed by atoms with Crippen LogP contribution in [0, 0.1) is 6.92 Å². The van der Waals surface area contributed by atoms with Crippen LogP contribution in [0.15, 0.2) is 48.5 Å². The van der Waals surface area contributed by atoms with Crippen molar-refractivity contribution in [1.29, 1.82) is 0 Å². The first kappa shape index (κ1) is 16.4. The van der Waals surface area contributed by atoms with Gasteiger partial charge in [-0.05, 0) is 43.7 Å². The summed E-state index contributed by atoms with van der Waals surface area (Å²) in [6, 6.07) is 15.1. The molecule has 0 aromatic heterocycles. The van der Waals surface area contributed by atoms with Crippen LogP contribution in [0.2, 0.25) is 5.02 Å². The van der Waals surface area contributed by atoms with Crippen LogP contribution in [0.25, 0.3) is 0 Å². The van der Waals surface area contributed by atoms with Gasteiger partial charge in [0.05, 0.1) is 0 Å². The molecule has 0 spiro atoms. The first-order chi connectivity index (χ1) is 10.5. The highest BCUT2D eigenvalue weighted by molar-refractivity contribution is 6.30. The van der Waals surface area contributed by atoms with E-state index < -0.39 is 6.10 Å². The van der Waals surface area contributed by atoms with Crippen molar-refractivity contribution >= 4 is 17.5 Å². The van der Waals surface area contributed by atoms with E-state index in [2.05, 4.69) is 0 Å². The predicted octanol–water partition coefficient (Wildman–Crippen LogP) is 4.07. The zero-order chi connectivity index (χ0) is 16.1. The number of ether oxygens (including phenoxy) is 1. The molecule has 0 unspecified atom stereocenters. The Morgan fingerprint density at radius 2 is 1.73 bits per heavy atom. The van der Waals surface area contributed by atoms with Gasteiger partial charge >= 0.3 is 0 Å². The van der Waals surface area contributed by atoms with Crippen LogP contribution in [-0.2, 0) is 11.3 Å². The molecule has 0 N–H and O–H groups in total. The standard InChI is InChI=1S/C18H20ClNO2/c1-13-4-6-15(7-5-13)12-20(3)18(21)14(2)22-17-10-8-16(19)9-11-17/h4-11,14H,12H2,1-3H3/t14-/m0/s1. The fourth-order valence-corrected chi connectivity index (χ4v) is 2.25. The lowest BCUT2D eigenvalue weighted by Gasteiger charge is -2.22. The summed E-state index contributed by atoms with van der Waals surface area (Å²) < 4.78 is 5.66. The van der Waals surface area contributed by atoms with Gasteiger partial charge in [0.1, 0.15) is 5.75 Å². The van der Waals surface area contributed by atoms with Gasteiger partial charge in [0.25, 0.3) is 5.91 Å². The minimum Gasteiger partial charge on any atom is -0.481 e. The zero-order valence-electron chi connectivity index (χ0n) is 13.0. The normalized spacial score (nSPS) is 11.8. The van der Waals surface area contributed by atoms with Crippen LogP contribution < -0.4 is 4.74 Å². The number of amides is 1. The van der Waals surface area contributed by atoms with E-state index in [-0.39, 0.29) is 5.91 Å². The molecule has 0 saturated carbocycles. The van der Waals surface area contributed by atoms with Gasteiger partial charge in [-0.1, -0.05) is 41.4 Å². The van der Waals surface area contributed by atoms with Crippen LogP contribution >= 0.6 is 11.6 Å². The minimum atomic E-state index is -0.545. The number of halogens is 1. The number of carbonyl (C=O) groups excluding carboxylic acids is 1. The summed E-state index contributed by atoms with van der Waals surface area (Å²) in [5.41, 5.74) is 2.30. The summed E-state index contributed by atoms with van der Waals surface area (Å²) >= 11 is 5.83. The Morgan fingerprint density at radius 3 is 2.32 bits per heavy atom. The number of carbonyl (C=O) groups is 1. The van der Waals surface area contributed by atoms with Crippen molar-refractivity contribution in [2.45, 2.75) is 26.5 Å². The molecule has 1 amide bonds. The van der Waals surface area contributed by atoms with Crippen molar-refractivity contribution in [3.8, 4) is 5.75 Å². The van der Waals surface area contributed by atoms with Crippen molar-refractivity contribution in [3.05, 3.63) is 64.7 Å². The molecular weight excluding hydrogens is 298 g/mol. The van der Waals surface area contributed by atoms with E-state index in [1.165, 1.54) is 5.56 Å². The third kappa shape index (κ3) is 4.50. The molecule has 0 fully saturated rings. The van der Waals surface area contributed by atoms with Crippen LogP contribution in [0.3, 0.4) is 0 Å². The molecule has 0 saturated heterocycles. The lowest BCUT2D eigenvalue weighted by molar-refractivity contribution is -0.137. The number of hydrogen-bond donors (Lipinski definition) is 0. The number of hydrogen-bond acceptors (Lipinski definition) is 2. The highest BCUT2D eigenvalue weighted by Crippen LogP contribution is 2.17. The summed E-state index contributed by atoms with van der Waals surface area (Å²) in [6.07, 6.45) is -0.545. The second-order valence-corrected chi connectivity index (χ2v) is 5.83. The fraction of sp³-hybridized carbons (Fsp3) is 0.278. The molecule has 116 valence electrons. The highest BCUT2D eigenvalue weighted by atomic mass is 35.5. The molecule has 0 aliphatic rings. The van der Waals surface area contributed by atoms with Crippen molar-refractivity contribution in [1.82, 2.24) is 4.90 Å². The van der Waals surface area contributed by atoms with E-state index in [4.69, 9.17) is 16.3 Å². The van der Waals surface area contributed by atoms with E-state index >= 15 is 0 Å². The molecule has 22 heavy (non-hydrogen) atoms. The second kappa shape index (κ2) is 7.32. The minimum absolute atomic E-state index is 0.0597. The van der Waals surface area contributed by atoms with Gasteiger partial charge in [-0.2, -0.15) is 0 Å². The Morgan fingerprint density at radius 1 is 1.14 bits per heavy atom. The quantitative estimate of drug-likeness (QED) is 0.831. The van der Waals surface area contributed by atoms with Crippen molar-refractivity contribution in [3.63, 3.8) is 0 Å². The lowest BCUT2D eigenvalue weighted by atomic mass is 10.1. The fourth-order valence-electron chi connectivity index (χ4n) is 2.12. The van der Waals surface area contributed by atoms with Crippen LogP contribution in [-0.4, -0.2) is 24.0 Å². The van der Waals surface area contributed by atoms with E-state index in [1.807, 2.05) is 31.2 Å². The van der Waals surface area contributed by atoms with E-state index in [9.17, 15) is 4.79 Å². The van der Waals surface area contributed by atoms with Gasteiger partial charge in [0.15, 0.2) is 6.10 Å². The largest absolute Gasteiger partial charge is 0.481 e. The monoisotopic (exact) mass is 317 g/mol. The van der Waals surface area contributed by atoms with Gasteiger partial charge in [-0.3, -0.25) is 4.79 Å². The maximum Gasteiger partial charge on any atom is 0.263 e. The topological polar surface area (TPSA) is 29.5 Å². The van der Waals surface area contributed by atoms with Gasteiger partial charge < -0.3 is 9.64 Å². The third-order valence-corrected chi connectivity index (χ3v) is 3.64. The summed E-state index contributed by atoms with van der Waals surface area (Å²) in [5, 5.41) is 0.641. The molecule has 0 radical (unpaired) electrons. The Labute approximate surface area is 136 Å². The molecule has 0 aliphatic heterocycles. The highest BCUT2D eigenvalue weighted by Gasteiger charge is 2.19. The molecule has 0 bridgehead atoms. The smallest absolute Gasteiger partial charge is 0.263 e. The first-order valence-electron chi connectivity index (χ1n) is 7.18. The second-order valence-electron chi connectivity index (χ2n) is 5.39. The maximum absolute atomic E-state index is 12.4. The molecule has 1 atom stereocenters. The molecule has 0 aliphatic carbocycles. The Balaban J connectivity index is 1.94. The number of likely N-dealkylation sites (N-methyl/N-ethyl adjacent to an activating group) is 1. The van der Waals surface area contributed by atoms with Crippen LogP contribution in [0.4, 0.5) is 0 Å². The zero-order valence-corrected chi connectivity index (χ0v) is 13.8. The van der Waals surface area contributed by atoms with Crippen LogP contribution in [0.1, 0.15) is 18.1 Å². The third-order valence-electron chi connectivity index (χ3n) is 3.39. The summed E-state index contributed by atoms with van der Waals surface area (Å²) in [7, 11) is 1.78. The van der Waals surface area contributed by atoms with Gasteiger partial charge in [0, 0.05) is 18.6 Å². The molecule has 2 rings (SSSR count). The Kier molecular flexibility index (Phi) is 5.45. The maximum atomic E-state index is 12.4. The van der Waals surface area contributed by atoms with E-state index in [0.29, 0.717) is 17.3 Å². The average molecular weight is 318 g/mol. The summed E-state index contributed by atoms with van der Waals surface area (Å²) in [6.45, 7) is 4.36. The predicted molar refractivity (Wildman–Crippen MR) is 89.2 cm³/mol. The Hall–Kier alpha value is -2.00. The van der Waals surface area contributed by atoms with E-state index in [0.717, 1.165) is 5.56 Å². The lowest BCUT2D eigenvalue weighted by Crippen LogP contribution is -2.37. The van der Waals surface area contributed by atoms with Gasteiger partial charge in [-0.15, -0.1) is 0 Å². The number of benzene rings is 2. The molecule has 2 aromatic carbocycles. The Bertz CT molecular complexity index is 567. The average Bonchev–Trinajstić information content (AvgIpc) is 2.51. The summed E-state index contributed by atoms with van der Waals surface area (Å²) in [5.74, 6) is 0.574. The molecule has 4 heteroatoms. The molecule has 0 heterocycles. The molecule has 2 aromatic rings. The number of nitrogens with zero attached hydrogens (tertiary/aromatic N) is 1. The first-order valence-corrected chi connectivity index (χ1v) is 7.56.